The van der Waals surface area contributed by atoms with E-state index in [1.54, 1.807) is 0 Å². The third-order valence-electron chi connectivity index (χ3n) is 0.849. The fraction of sp³-hybridized carbons (Fsp3) is 0.250. The molecule has 0 spiro atoms. The second-order valence-electron chi connectivity index (χ2n) is 1.40. The summed E-state index contributed by atoms with van der Waals surface area (Å²) in [7, 11) is 0. The normalized spacial score (nSPS) is 7.50. The van der Waals surface area contributed by atoms with Gasteiger partial charge in [-0.05, 0) is 12.1 Å². The molecule has 0 heterocycles. The largest absolute Gasteiger partial charge is 0.429 e. The van der Waals surface area contributed by atoms with Crippen molar-refractivity contribution in [2.24, 2.45) is 0 Å². The summed E-state index contributed by atoms with van der Waals surface area (Å²) in [5, 5.41) is 0. The Labute approximate surface area is 67.6 Å². The van der Waals surface area contributed by atoms with Crippen molar-refractivity contribution in [3.8, 4) is 5.75 Å². The zero-order valence-electron chi connectivity index (χ0n) is 6.24. The number of hydrogen-bond acceptors (Lipinski definition) is 2. The first-order valence-corrected chi connectivity index (χ1v) is 3.66. The van der Waals surface area contributed by atoms with Crippen LogP contribution in [-0.4, -0.2) is 0 Å². The lowest BCUT2D eigenvalue weighted by molar-refractivity contribution is 0.659. The van der Waals surface area contributed by atoms with Gasteiger partial charge in [-0.25, -0.2) is 0 Å². The molecule has 0 bridgehead atoms. The van der Waals surface area contributed by atoms with Crippen LogP contribution >= 0.6 is 12.9 Å². The van der Waals surface area contributed by atoms with E-state index in [2.05, 4.69) is 17.1 Å². The van der Waals surface area contributed by atoms with Crippen molar-refractivity contribution >= 4 is 12.9 Å². The minimum Gasteiger partial charge on any atom is -0.429 e. The Morgan fingerprint density at radius 3 is 1.90 bits per heavy atom. The number of rotatable bonds is 1. The summed E-state index contributed by atoms with van der Waals surface area (Å²) in [6.45, 7) is 4.00. The first kappa shape index (κ1) is 9.37. The molecule has 2 heteroatoms. The minimum absolute atomic E-state index is 0.774. The van der Waals surface area contributed by atoms with E-state index in [1.165, 1.54) is 0 Å². The zero-order chi connectivity index (χ0) is 7.82. The molecule has 0 saturated heterocycles. The van der Waals surface area contributed by atoms with Crippen LogP contribution in [0.3, 0.4) is 0 Å². The Kier molecular flexibility index (Phi) is 6.08. The molecule has 1 rings (SSSR count). The van der Waals surface area contributed by atoms with Gasteiger partial charge in [-0.3, -0.25) is 0 Å². The van der Waals surface area contributed by atoms with E-state index in [1.807, 2.05) is 44.2 Å². The lowest BCUT2D eigenvalue weighted by Crippen LogP contribution is -1.69. The average Bonchev–Trinajstić information content (AvgIpc) is 2.10. The van der Waals surface area contributed by atoms with Gasteiger partial charge in [0, 0.05) is 12.9 Å². The van der Waals surface area contributed by atoms with Crippen LogP contribution in [0.1, 0.15) is 13.8 Å². The molecule has 1 aromatic rings. The molecule has 0 radical (unpaired) electrons. The van der Waals surface area contributed by atoms with Gasteiger partial charge in [0.15, 0.2) is 0 Å². The SMILES string of the molecule is CC.SOc1ccccc1. The van der Waals surface area contributed by atoms with Gasteiger partial charge >= 0.3 is 0 Å². The summed E-state index contributed by atoms with van der Waals surface area (Å²) in [4.78, 5) is 0. The van der Waals surface area contributed by atoms with E-state index < -0.39 is 0 Å². The Bertz CT molecular complexity index is 151. The van der Waals surface area contributed by atoms with Gasteiger partial charge in [-0.1, -0.05) is 32.0 Å². The van der Waals surface area contributed by atoms with E-state index in [0.29, 0.717) is 0 Å². The molecule has 0 amide bonds. The third kappa shape index (κ3) is 3.41. The van der Waals surface area contributed by atoms with E-state index in [4.69, 9.17) is 0 Å². The van der Waals surface area contributed by atoms with Crippen LogP contribution in [0.25, 0.3) is 0 Å². The molecule has 56 valence electrons. The second-order valence-corrected chi connectivity index (χ2v) is 1.59. The summed E-state index contributed by atoms with van der Waals surface area (Å²) in [5.74, 6) is 0.774. The van der Waals surface area contributed by atoms with Gasteiger partial charge in [-0.15, -0.1) is 0 Å². The average molecular weight is 156 g/mol. The summed E-state index contributed by atoms with van der Waals surface area (Å²) in [5.41, 5.74) is 0. The number of para-hydroxylation sites is 1. The van der Waals surface area contributed by atoms with E-state index in [-0.39, 0.29) is 0 Å². The predicted octanol–water partition coefficient (Wildman–Crippen LogP) is 2.94. The molecule has 0 atom stereocenters. The third-order valence-corrected chi connectivity index (χ3v) is 1.06. The maximum atomic E-state index is 4.61. The highest BCUT2D eigenvalue weighted by Crippen LogP contribution is 2.08. The van der Waals surface area contributed by atoms with Gasteiger partial charge in [0.05, 0.1) is 0 Å². The van der Waals surface area contributed by atoms with Crippen LogP contribution in [-0.2, 0) is 0 Å². The van der Waals surface area contributed by atoms with Crippen molar-refractivity contribution in [2.45, 2.75) is 13.8 Å². The molecule has 1 nitrogen and oxygen atoms in total. The van der Waals surface area contributed by atoms with Gasteiger partial charge < -0.3 is 4.18 Å². The molecule has 0 saturated carbocycles. The quantitative estimate of drug-likeness (QED) is 0.486. The van der Waals surface area contributed by atoms with Crippen LogP contribution in [0.2, 0.25) is 0 Å². The molecule has 0 aromatic heterocycles. The van der Waals surface area contributed by atoms with Crippen molar-refractivity contribution in [3.05, 3.63) is 30.3 Å². The molecule has 0 aliphatic heterocycles. The van der Waals surface area contributed by atoms with Crippen LogP contribution in [0.15, 0.2) is 30.3 Å². The van der Waals surface area contributed by atoms with Gasteiger partial charge in [0.2, 0.25) is 0 Å². The van der Waals surface area contributed by atoms with E-state index in [0.717, 1.165) is 5.75 Å². The zero-order valence-corrected chi connectivity index (χ0v) is 7.14. The lowest BCUT2D eigenvalue weighted by Gasteiger charge is -1.91. The Hall–Kier alpha value is -0.630. The number of hydrogen-bond donors (Lipinski definition) is 1. The highest BCUT2D eigenvalue weighted by molar-refractivity contribution is 7.75. The van der Waals surface area contributed by atoms with Crippen LogP contribution in [0, 0.1) is 0 Å². The Balaban J connectivity index is 0.000000371. The first-order valence-electron chi connectivity index (χ1n) is 3.30. The lowest BCUT2D eigenvalue weighted by atomic mass is 10.3. The molecule has 1 aromatic carbocycles. The standard InChI is InChI=1S/C6H6OS.C2H6/c8-7-6-4-2-1-3-5-6;1-2/h1-5,8H;1-2H3. The van der Waals surface area contributed by atoms with E-state index in [9.17, 15) is 0 Å². The summed E-state index contributed by atoms with van der Waals surface area (Å²) >= 11 is 3.61. The molecular formula is C8H12OS. The molecular weight excluding hydrogens is 144 g/mol. The minimum atomic E-state index is 0.774. The summed E-state index contributed by atoms with van der Waals surface area (Å²) < 4.78 is 4.61. The fourth-order valence-corrected chi connectivity index (χ4v) is 0.603. The van der Waals surface area contributed by atoms with Crippen LogP contribution < -0.4 is 4.18 Å². The monoisotopic (exact) mass is 156 g/mol. The Morgan fingerprint density at radius 2 is 1.60 bits per heavy atom. The maximum absolute atomic E-state index is 4.61. The predicted molar refractivity (Wildman–Crippen MR) is 47.4 cm³/mol. The number of thiol groups is 1. The first-order chi connectivity index (χ1) is 4.93. The maximum Gasteiger partial charge on any atom is 0.136 e. The van der Waals surface area contributed by atoms with Crippen LogP contribution in [0.4, 0.5) is 0 Å². The summed E-state index contributed by atoms with van der Waals surface area (Å²) in [6.07, 6.45) is 0. The molecule has 0 aliphatic carbocycles. The fourth-order valence-electron chi connectivity index (χ4n) is 0.481. The van der Waals surface area contributed by atoms with Crippen LogP contribution in [0.5, 0.6) is 5.75 Å². The highest BCUT2D eigenvalue weighted by atomic mass is 32.1. The molecule has 0 fully saturated rings. The smallest absolute Gasteiger partial charge is 0.136 e. The van der Waals surface area contributed by atoms with Crippen molar-refractivity contribution in [3.63, 3.8) is 0 Å². The molecule has 0 aliphatic rings. The highest BCUT2D eigenvalue weighted by Gasteiger charge is 1.81. The summed E-state index contributed by atoms with van der Waals surface area (Å²) in [6, 6.07) is 9.40. The second kappa shape index (κ2) is 6.49. The molecule has 10 heavy (non-hydrogen) atoms. The van der Waals surface area contributed by atoms with Crippen molar-refractivity contribution in [1.82, 2.24) is 0 Å². The van der Waals surface area contributed by atoms with Crippen molar-refractivity contribution < 1.29 is 4.18 Å². The van der Waals surface area contributed by atoms with Gasteiger partial charge in [0.1, 0.15) is 5.75 Å². The van der Waals surface area contributed by atoms with Crippen molar-refractivity contribution in [2.75, 3.05) is 0 Å². The topological polar surface area (TPSA) is 9.23 Å². The number of benzene rings is 1. The van der Waals surface area contributed by atoms with E-state index >= 15 is 0 Å². The Morgan fingerprint density at radius 1 is 1.10 bits per heavy atom. The van der Waals surface area contributed by atoms with Gasteiger partial charge in [-0.2, -0.15) is 0 Å². The van der Waals surface area contributed by atoms with Crippen molar-refractivity contribution in [1.29, 1.82) is 0 Å². The van der Waals surface area contributed by atoms with Gasteiger partial charge in [0.25, 0.3) is 0 Å². The molecule has 0 unspecified atom stereocenters. The molecule has 0 N–H and O–H groups in total.